The average Bonchev–Trinajstić information content (AvgIpc) is 2.70. The maximum atomic E-state index is 12.1. The van der Waals surface area contributed by atoms with Gasteiger partial charge in [-0.05, 0) is 31.5 Å². The molecule has 1 aromatic carbocycles. The van der Waals surface area contributed by atoms with Crippen molar-refractivity contribution in [2.75, 3.05) is 0 Å². The van der Waals surface area contributed by atoms with E-state index in [0.717, 1.165) is 22.5 Å². The molecule has 0 aliphatic rings. The molecule has 0 unspecified atom stereocenters. The predicted molar refractivity (Wildman–Crippen MR) is 78.2 cm³/mol. The predicted octanol–water partition coefficient (Wildman–Crippen LogP) is 1.43. The molecule has 3 N–H and O–H groups in total. The van der Waals surface area contributed by atoms with E-state index >= 15 is 0 Å². The smallest absolute Gasteiger partial charge is 0.251 e. The van der Waals surface area contributed by atoms with Crippen LogP contribution in [0.5, 0.6) is 0 Å². The molecule has 0 saturated carbocycles. The second-order valence-electron chi connectivity index (χ2n) is 4.86. The van der Waals surface area contributed by atoms with Gasteiger partial charge in [-0.2, -0.15) is 5.10 Å². The van der Waals surface area contributed by atoms with E-state index in [0.29, 0.717) is 18.7 Å². The summed E-state index contributed by atoms with van der Waals surface area (Å²) in [5, 5.41) is 7.26. The molecule has 1 amide bonds. The summed E-state index contributed by atoms with van der Waals surface area (Å²) in [5.74, 6) is -0.0868. The second kappa shape index (κ2) is 5.88. The van der Waals surface area contributed by atoms with Crippen molar-refractivity contribution in [1.82, 2.24) is 15.1 Å². The Bertz CT molecular complexity index is 614. The Morgan fingerprint density at radius 3 is 2.45 bits per heavy atom. The van der Waals surface area contributed by atoms with Gasteiger partial charge in [0.15, 0.2) is 0 Å². The molecule has 5 nitrogen and oxygen atoms in total. The molecule has 5 heteroatoms. The summed E-state index contributed by atoms with van der Waals surface area (Å²) in [4.78, 5) is 12.1. The number of carbonyl (C=O) groups excluding carboxylic acids is 1. The molecule has 20 heavy (non-hydrogen) atoms. The molecule has 0 saturated heterocycles. The fourth-order valence-corrected chi connectivity index (χ4v) is 2.14. The fourth-order valence-electron chi connectivity index (χ4n) is 2.14. The lowest BCUT2D eigenvalue weighted by molar-refractivity contribution is 0.0951. The van der Waals surface area contributed by atoms with Crippen molar-refractivity contribution in [3.63, 3.8) is 0 Å². The van der Waals surface area contributed by atoms with Crippen molar-refractivity contribution in [3.05, 3.63) is 52.3 Å². The number of nitrogens with one attached hydrogen (secondary N) is 1. The van der Waals surface area contributed by atoms with E-state index in [2.05, 4.69) is 10.4 Å². The van der Waals surface area contributed by atoms with E-state index in [-0.39, 0.29) is 5.91 Å². The van der Waals surface area contributed by atoms with E-state index in [9.17, 15) is 4.79 Å². The zero-order chi connectivity index (χ0) is 14.7. The molecule has 2 rings (SSSR count). The van der Waals surface area contributed by atoms with Crippen LogP contribution in [0.3, 0.4) is 0 Å². The van der Waals surface area contributed by atoms with Crippen molar-refractivity contribution in [3.8, 4) is 0 Å². The van der Waals surface area contributed by atoms with Gasteiger partial charge in [-0.15, -0.1) is 0 Å². The van der Waals surface area contributed by atoms with Crippen LogP contribution in [0, 0.1) is 13.8 Å². The third-order valence-electron chi connectivity index (χ3n) is 3.54. The van der Waals surface area contributed by atoms with Crippen molar-refractivity contribution >= 4 is 5.91 Å². The molecular weight excluding hydrogens is 252 g/mol. The van der Waals surface area contributed by atoms with Gasteiger partial charge in [0.25, 0.3) is 5.91 Å². The standard InChI is InChI=1S/C15H20N4O/c1-10-14(11(2)19(3)18-10)9-17-15(20)13-6-4-12(8-16)5-7-13/h4-7H,8-9,16H2,1-3H3,(H,17,20). The Morgan fingerprint density at radius 2 is 1.95 bits per heavy atom. The minimum absolute atomic E-state index is 0.0868. The molecule has 0 aliphatic carbocycles. The maximum absolute atomic E-state index is 12.1. The molecule has 1 heterocycles. The summed E-state index contributed by atoms with van der Waals surface area (Å²) < 4.78 is 1.83. The van der Waals surface area contributed by atoms with Gasteiger partial charge in [-0.1, -0.05) is 12.1 Å². The third kappa shape index (κ3) is 2.88. The quantitative estimate of drug-likeness (QED) is 0.884. The summed E-state index contributed by atoms with van der Waals surface area (Å²) in [6, 6.07) is 7.33. The average molecular weight is 272 g/mol. The summed E-state index contributed by atoms with van der Waals surface area (Å²) in [5.41, 5.74) is 10.3. The molecule has 1 aromatic heterocycles. The highest BCUT2D eigenvalue weighted by Crippen LogP contribution is 2.12. The van der Waals surface area contributed by atoms with E-state index in [4.69, 9.17) is 5.73 Å². The maximum Gasteiger partial charge on any atom is 0.251 e. The normalized spacial score (nSPS) is 10.6. The number of rotatable bonds is 4. The largest absolute Gasteiger partial charge is 0.348 e. The van der Waals surface area contributed by atoms with E-state index in [1.54, 1.807) is 12.1 Å². The topological polar surface area (TPSA) is 72.9 Å². The van der Waals surface area contributed by atoms with E-state index in [1.165, 1.54) is 0 Å². The monoisotopic (exact) mass is 272 g/mol. The van der Waals surface area contributed by atoms with Gasteiger partial charge in [0.1, 0.15) is 0 Å². The molecule has 0 bridgehead atoms. The van der Waals surface area contributed by atoms with Crippen LogP contribution < -0.4 is 11.1 Å². The van der Waals surface area contributed by atoms with Gasteiger partial charge in [0, 0.05) is 37.0 Å². The van der Waals surface area contributed by atoms with E-state index < -0.39 is 0 Å². The first-order chi connectivity index (χ1) is 9.52. The number of nitrogens with two attached hydrogens (primary N) is 1. The van der Waals surface area contributed by atoms with Crippen LogP contribution in [-0.4, -0.2) is 15.7 Å². The van der Waals surface area contributed by atoms with Crippen LogP contribution in [0.15, 0.2) is 24.3 Å². The number of hydrogen-bond donors (Lipinski definition) is 2. The van der Waals surface area contributed by atoms with Crippen molar-refractivity contribution in [1.29, 1.82) is 0 Å². The van der Waals surface area contributed by atoms with Crippen LogP contribution in [0.25, 0.3) is 0 Å². The van der Waals surface area contributed by atoms with Gasteiger partial charge in [-0.25, -0.2) is 0 Å². The van der Waals surface area contributed by atoms with Crippen LogP contribution >= 0.6 is 0 Å². The lowest BCUT2D eigenvalue weighted by Crippen LogP contribution is -2.23. The number of nitrogens with zero attached hydrogens (tertiary/aromatic N) is 2. The van der Waals surface area contributed by atoms with Crippen LogP contribution in [0.1, 0.15) is 32.9 Å². The highest BCUT2D eigenvalue weighted by molar-refractivity contribution is 5.94. The number of aryl methyl sites for hydroxylation is 2. The summed E-state index contributed by atoms with van der Waals surface area (Å²) >= 11 is 0. The summed E-state index contributed by atoms with van der Waals surface area (Å²) in [7, 11) is 1.90. The third-order valence-corrected chi connectivity index (χ3v) is 3.54. The molecule has 0 atom stereocenters. The molecular formula is C15H20N4O. The van der Waals surface area contributed by atoms with Gasteiger partial charge < -0.3 is 11.1 Å². The lowest BCUT2D eigenvalue weighted by atomic mass is 10.1. The minimum Gasteiger partial charge on any atom is -0.348 e. The van der Waals surface area contributed by atoms with Crippen LogP contribution in [-0.2, 0) is 20.1 Å². The van der Waals surface area contributed by atoms with Crippen molar-refractivity contribution < 1.29 is 4.79 Å². The Morgan fingerprint density at radius 1 is 1.30 bits per heavy atom. The molecule has 0 aliphatic heterocycles. The number of amides is 1. The molecule has 2 aromatic rings. The number of carbonyl (C=O) groups is 1. The summed E-state index contributed by atoms with van der Waals surface area (Å²) in [6.07, 6.45) is 0. The highest BCUT2D eigenvalue weighted by atomic mass is 16.1. The van der Waals surface area contributed by atoms with Crippen LogP contribution in [0.2, 0.25) is 0 Å². The Hall–Kier alpha value is -2.14. The Labute approximate surface area is 118 Å². The zero-order valence-corrected chi connectivity index (χ0v) is 12.1. The fraction of sp³-hybridized carbons (Fsp3) is 0.333. The van der Waals surface area contributed by atoms with Crippen molar-refractivity contribution in [2.45, 2.75) is 26.9 Å². The second-order valence-corrected chi connectivity index (χ2v) is 4.86. The minimum atomic E-state index is -0.0868. The van der Waals surface area contributed by atoms with Crippen molar-refractivity contribution in [2.24, 2.45) is 12.8 Å². The first-order valence-electron chi connectivity index (χ1n) is 6.59. The molecule has 106 valence electrons. The Balaban J connectivity index is 2.04. The molecule has 0 fully saturated rings. The van der Waals surface area contributed by atoms with E-state index in [1.807, 2.05) is 37.7 Å². The first-order valence-corrected chi connectivity index (χ1v) is 6.59. The van der Waals surface area contributed by atoms with Gasteiger partial charge >= 0.3 is 0 Å². The zero-order valence-electron chi connectivity index (χ0n) is 12.1. The first kappa shape index (κ1) is 14.3. The van der Waals surface area contributed by atoms with Gasteiger partial charge in [0.05, 0.1) is 5.69 Å². The van der Waals surface area contributed by atoms with Gasteiger partial charge in [0.2, 0.25) is 0 Å². The van der Waals surface area contributed by atoms with Gasteiger partial charge in [-0.3, -0.25) is 9.48 Å². The Kier molecular flexibility index (Phi) is 4.20. The number of aromatic nitrogens is 2. The highest BCUT2D eigenvalue weighted by Gasteiger charge is 2.11. The number of hydrogen-bond acceptors (Lipinski definition) is 3. The molecule has 0 radical (unpaired) electrons. The molecule has 0 spiro atoms. The lowest BCUT2D eigenvalue weighted by Gasteiger charge is -2.06. The SMILES string of the molecule is Cc1nn(C)c(C)c1CNC(=O)c1ccc(CN)cc1. The number of benzene rings is 1. The van der Waals surface area contributed by atoms with Crippen LogP contribution in [0.4, 0.5) is 0 Å². The summed E-state index contributed by atoms with van der Waals surface area (Å²) in [6.45, 7) is 4.92.